The molecule has 3 rings (SSSR count). The highest BCUT2D eigenvalue weighted by Crippen LogP contribution is 2.32. The second kappa shape index (κ2) is 6.33. The quantitative estimate of drug-likeness (QED) is 0.860. The zero-order valence-electron chi connectivity index (χ0n) is 12.8. The van der Waals surface area contributed by atoms with E-state index in [9.17, 15) is 12.8 Å². The van der Waals surface area contributed by atoms with Gasteiger partial charge in [-0.2, -0.15) is 4.31 Å². The van der Waals surface area contributed by atoms with Gasteiger partial charge in [-0.25, -0.2) is 12.8 Å². The molecule has 1 aliphatic rings. The fraction of sp³-hybridized carbons (Fsp3) is 0.375. The first-order valence-corrected chi connectivity index (χ1v) is 9.30. The molecule has 0 spiro atoms. The number of benzene rings is 1. The highest BCUT2D eigenvalue weighted by Gasteiger charge is 2.33. The Kier molecular flexibility index (Phi) is 4.41. The van der Waals surface area contributed by atoms with E-state index in [0.717, 1.165) is 18.4 Å². The van der Waals surface area contributed by atoms with Crippen molar-refractivity contribution in [3.8, 4) is 0 Å². The summed E-state index contributed by atoms with van der Waals surface area (Å²) in [7, 11) is -3.26. The first-order chi connectivity index (χ1) is 10.9. The Hall–Kier alpha value is -1.86. The Morgan fingerprint density at radius 2 is 2.17 bits per heavy atom. The van der Waals surface area contributed by atoms with Crippen molar-refractivity contribution in [1.29, 1.82) is 0 Å². The zero-order valence-corrected chi connectivity index (χ0v) is 13.6. The molecule has 1 aromatic heterocycles. The lowest BCUT2D eigenvalue weighted by Gasteiger charge is -2.21. The summed E-state index contributed by atoms with van der Waals surface area (Å²) >= 11 is 0. The van der Waals surface area contributed by atoms with Gasteiger partial charge in [0, 0.05) is 19.2 Å². The van der Waals surface area contributed by atoms with Gasteiger partial charge in [-0.05, 0) is 30.5 Å². The van der Waals surface area contributed by atoms with E-state index in [1.807, 2.05) is 6.07 Å². The average molecular weight is 335 g/mol. The molecule has 1 unspecified atom stereocenters. The molecule has 122 valence electrons. The summed E-state index contributed by atoms with van der Waals surface area (Å²) in [4.78, 5) is 8.74. The third-order valence-corrected chi connectivity index (χ3v) is 5.24. The van der Waals surface area contributed by atoms with Crippen LogP contribution in [-0.4, -0.2) is 35.5 Å². The number of aromatic nitrogens is 2. The number of sulfonamides is 1. The first kappa shape index (κ1) is 16.0. The molecule has 1 aromatic carbocycles. The van der Waals surface area contributed by atoms with Crippen molar-refractivity contribution in [2.24, 2.45) is 0 Å². The van der Waals surface area contributed by atoms with Gasteiger partial charge in [-0.15, -0.1) is 0 Å². The van der Waals surface area contributed by atoms with Gasteiger partial charge in [0.2, 0.25) is 10.0 Å². The summed E-state index contributed by atoms with van der Waals surface area (Å²) in [6.07, 6.45) is 6.48. The van der Waals surface area contributed by atoms with Crippen LogP contribution in [0.25, 0.3) is 0 Å². The van der Waals surface area contributed by atoms with Crippen LogP contribution in [0, 0.1) is 5.82 Å². The summed E-state index contributed by atoms with van der Waals surface area (Å²) in [6.45, 7) is 0.513. The van der Waals surface area contributed by atoms with E-state index in [2.05, 4.69) is 9.97 Å². The summed E-state index contributed by atoms with van der Waals surface area (Å²) in [5.41, 5.74) is 2.16. The van der Waals surface area contributed by atoms with Gasteiger partial charge < -0.3 is 0 Å². The van der Waals surface area contributed by atoms with Crippen LogP contribution in [0.1, 0.15) is 35.8 Å². The predicted octanol–water partition coefficient (Wildman–Crippen LogP) is 2.30. The van der Waals surface area contributed by atoms with Crippen molar-refractivity contribution in [2.75, 3.05) is 12.8 Å². The van der Waals surface area contributed by atoms with Gasteiger partial charge in [-0.1, -0.05) is 12.1 Å². The zero-order chi connectivity index (χ0) is 16.4. The van der Waals surface area contributed by atoms with Crippen molar-refractivity contribution < 1.29 is 12.8 Å². The third kappa shape index (κ3) is 3.73. The SMILES string of the molecule is CS(=O)(=O)N1CCCC1c1cncc(Cc2cccc(F)c2)n1. The molecule has 5 nitrogen and oxygen atoms in total. The van der Waals surface area contributed by atoms with E-state index < -0.39 is 10.0 Å². The van der Waals surface area contributed by atoms with E-state index >= 15 is 0 Å². The van der Waals surface area contributed by atoms with Crippen molar-refractivity contribution in [1.82, 2.24) is 14.3 Å². The number of nitrogens with zero attached hydrogens (tertiary/aromatic N) is 3. The second-order valence-corrected chi connectivity index (χ2v) is 7.71. The molecule has 1 saturated heterocycles. The van der Waals surface area contributed by atoms with E-state index in [4.69, 9.17) is 0 Å². The maximum atomic E-state index is 13.3. The van der Waals surface area contributed by atoms with E-state index in [1.165, 1.54) is 22.7 Å². The van der Waals surface area contributed by atoms with Crippen LogP contribution in [-0.2, 0) is 16.4 Å². The Morgan fingerprint density at radius 1 is 1.35 bits per heavy atom. The van der Waals surface area contributed by atoms with Crippen LogP contribution in [0.4, 0.5) is 4.39 Å². The van der Waals surface area contributed by atoms with E-state index in [-0.39, 0.29) is 11.9 Å². The largest absolute Gasteiger partial charge is 0.261 e. The number of hydrogen-bond donors (Lipinski definition) is 0. The molecule has 0 N–H and O–H groups in total. The van der Waals surface area contributed by atoms with Crippen LogP contribution in [0.5, 0.6) is 0 Å². The average Bonchev–Trinajstić information content (AvgIpc) is 2.97. The lowest BCUT2D eigenvalue weighted by Crippen LogP contribution is -2.30. The molecule has 2 heterocycles. The normalized spacial score (nSPS) is 19.1. The third-order valence-electron chi connectivity index (χ3n) is 3.95. The Balaban J connectivity index is 1.85. The maximum Gasteiger partial charge on any atom is 0.211 e. The Bertz CT molecular complexity index is 810. The van der Waals surface area contributed by atoms with Gasteiger partial charge >= 0.3 is 0 Å². The molecule has 2 aromatic rings. The molecule has 7 heteroatoms. The molecule has 0 saturated carbocycles. The van der Waals surface area contributed by atoms with Crippen molar-refractivity contribution in [3.63, 3.8) is 0 Å². The van der Waals surface area contributed by atoms with Gasteiger partial charge in [0.1, 0.15) is 5.82 Å². The van der Waals surface area contributed by atoms with Crippen molar-refractivity contribution in [2.45, 2.75) is 25.3 Å². The summed E-state index contributed by atoms with van der Waals surface area (Å²) in [5.74, 6) is -0.286. The summed E-state index contributed by atoms with van der Waals surface area (Å²) in [6, 6.07) is 6.09. The van der Waals surface area contributed by atoms with Crippen molar-refractivity contribution >= 4 is 10.0 Å². The Morgan fingerprint density at radius 3 is 2.91 bits per heavy atom. The van der Waals surface area contributed by atoms with Gasteiger partial charge in [0.15, 0.2) is 0 Å². The maximum absolute atomic E-state index is 13.3. The monoisotopic (exact) mass is 335 g/mol. The number of rotatable bonds is 4. The second-order valence-electron chi connectivity index (χ2n) is 5.77. The topological polar surface area (TPSA) is 63.2 Å². The molecule has 0 aliphatic carbocycles. The van der Waals surface area contributed by atoms with Gasteiger partial charge in [-0.3, -0.25) is 9.97 Å². The predicted molar refractivity (Wildman–Crippen MR) is 84.8 cm³/mol. The molecule has 23 heavy (non-hydrogen) atoms. The van der Waals surface area contributed by atoms with Crippen LogP contribution in [0.15, 0.2) is 36.7 Å². The number of halogens is 1. The van der Waals surface area contributed by atoms with Crippen LogP contribution in [0.3, 0.4) is 0 Å². The highest BCUT2D eigenvalue weighted by molar-refractivity contribution is 7.88. The Labute approximate surface area is 135 Å². The summed E-state index contributed by atoms with van der Waals surface area (Å²) in [5, 5.41) is 0. The fourth-order valence-corrected chi connectivity index (χ4v) is 4.09. The molecular formula is C16H18FN3O2S. The lowest BCUT2D eigenvalue weighted by molar-refractivity contribution is 0.392. The minimum absolute atomic E-state index is 0.259. The molecule has 1 fully saturated rings. The van der Waals surface area contributed by atoms with Crippen LogP contribution in [0.2, 0.25) is 0 Å². The molecular weight excluding hydrogens is 317 g/mol. The minimum Gasteiger partial charge on any atom is -0.261 e. The van der Waals surface area contributed by atoms with Crippen LogP contribution >= 0.6 is 0 Å². The lowest BCUT2D eigenvalue weighted by atomic mass is 10.1. The standard InChI is InChI=1S/C16H18FN3O2S/c1-23(21,22)20-7-3-6-16(20)15-11-18-10-14(19-15)9-12-4-2-5-13(17)8-12/h2,4-5,8,10-11,16H,3,6-7,9H2,1H3. The minimum atomic E-state index is -3.26. The summed E-state index contributed by atoms with van der Waals surface area (Å²) < 4.78 is 38.5. The molecule has 0 bridgehead atoms. The first-order valence-electron chi connectivity index (χ1n) is 7.45. The van der Waals surface area contributed by atoms with E-state index in [1.54, 1.807) is 18.5 Å². The number of hydrogen-bond acceptors (Lipinski definition) is 4. The van der Waals surface area contributed by atoms with Gasteiger partial charge in [0.25, 0.3) is 0 Å². The molecule has 1 atom stereocenters. The van der Waals surface area contributed by atoms with Crippen molar-refractivity contribution in [3.05, 3.63) is 59.4 Å². The molecule has 0 radical (unpaired) electrons. The van der Waals surface area contributed by atoms with E-state index in [0.29, 0.717) is 24.4 Å². The smallest absolute Gasteiger partial charge is 0.211 e. The van der Waals surface area contributed by atoms with Gasteiger partial charge in [0.05, 0.1) is 29.9 Å². The molecule has 1 aliphatic heterocycles. The highest BCUT2D eigenvalue weighted by atomic mass is 32.2. The van der Waals surface area contributed by atoms with Crippen LogP contribution < -0.4 is 0 Å². The molecule has 0 amide bonds. The fourth-order valence-electron chi connectivity index (χ4n) is 2.96.